The lowest BCUT2D eigenvalue weighted by molar-refractivity contribution is 0.766. The van der Waals surface area contributed by atoms with Crippen LogP contribution < -0.4 is 5.73 Å². The molecule has 0 amide bonds. The second kappa shape index (κ2) is 4.76. The molecule has 16 heavy (non-hydrogen) atoms. The molecule has 1 heterocycles. The third-order valence-electron chi connectivity index (χ3n) is 2.42. The zero-order chi connectivity index (χ0) is 11.5. The first-order chi connectivity index (χ1) is 7.76. The van der Waals surface area contributed by atoms with E-state index in [2.05, 4.69) is 33.2 Å². The molecule has 0 saturated heterocycles. The molecule has 0 unspecified atom stereocenters. The summed E-state index contributed by atoms with van der Waals surface area (Å²) in [6.45, 7) is 2.50. The number of halogens is 1. The van der Waals surface area contributed by atoms with Crippen LogP contribution in [0.25, 0.3) is 5.69 Å². The standard InChI is InChI=1S/C11H13BrN4/c1-2-11-10(7-13)14-15-16(11)9-5-3-4-8(12)6-9/h3-6H,2,7,13H2,1H3. The van der Waals surface area contributed by atoms with Gasteiger partial charge >= 0.3 is 0 Å². The summed E-state index contributed by atoms with van der Waals surface area (Å²) in [5.41, 5.74) is 8.55. The summed E-state index contributed by atoms with van der Waals surface area (Å²) in [5, 5.41) is 8.22. The number of nitrogens with two attached hydrogens (primary N) is 1. The van der Waals surface area contributed by atoms with Crippen LogP contribution in [-0.2, 0) is 13.0 Å². The average molecular weight is 281 g/mol. The van der Waals surface area contributed by atoms with E-state index < -0.39 is 0 Å². The summed E-state index contributed by atoms with van der Waals surface area (Å²) in [6.07, 6.45) is 0.867. The van der Waals surface area contributed by atoms with Crippen LogP contribution in [0.5, 0.6) is 0 Å². The Labute approximate surface area is 103 Å². The predicted molar refractivity (Wildman–Crippen MR) is 66.3 cm³/mol. The second-order valence-corrected chi connectivity index (χ2v) is 4.35. The van der Waals surface area contributed by atoms with Crippen molar-refractivity contribution in [3.05, 3.63) is 40.1 Å². The quantitative estimate of drug-likeness (QED) is 0.936. The van der Waals surface area contributed by atoms with Crippen molar-refractivity contribution >= 4 is 15.9 Å². The minimum Gasteiger partial charge on any atom is -0.325 e. The number of nitrogens with zero attached hydrogens (tertiary/aromatic N) is 3. The van der Waals surface area contributed by atoms with Gasteiger partial charge in [0.2, 0.25) is 0 Å². The van der Waals surface area contributed by atoms with Crippen LogP contribution in [0.3, 0.4) is 0 Å². The molecule has 2 rings (SSSR count). The van der Waals surface area contributed by atoms with Gasteiger partial charge in [-0.25, -0.2) is 4.68 Å². The maximum atomic E-state index is 5.62. The molecular formula is C11H13BrN4. The fraction of sp³-hybridized carbons (Fsp3) is 0.273. The molecule has 5 heteroatoms. The molecular weight excluding hydrogens is 268 g/mol. The first kappa shape index (κ1) is 11.3. The lowest BCUT2D eigenvalue weighted by atomic mass is 10.2. The normalized spacial score (nSPS) is 10.7. The lowest BCUT2D eigenvalue weighted by Gasteiger charge is -2.05. The van der Waals surface area contributed by atoms with Crippen molar-refractivity contribution in [2.45, 2.75) is 19.9 Å². The molecule has 1 aromatic carbocycles. The third-order valence-corrected chi connectivity index (χ3v) is 2.92. The van der Waals surface area contributed by atoms with Crippen molar-refractivity contribution in [3.63, 3.8) is 0 Å². The highest BCUT2D eigenvalue weighted by Crippen LogP contribution is 2.17. The molecule has 2 N–H and O–H groups in total. The molecule has 0 aliphatic carbocycles. The highest BCUT2D eigenvalue weighted by Gasteiger charge is 2.10. The Hall–Kier alpha value is -1.20. The fourth-order valence-corrected chi connectivity index (χ4v) is 2.05. The zero-order valence-electron chi connectivity index (χ0n) is 9.02. The molecule has 0 aliphatic heterocycles. The number of benzene rings is 1. The largest absolute Gasteiger partial charge is 0.325 e. The van der Waals surface area contributed by atoms with Crippen molar-refractivity contribution in [3.8, 4) is 5.69 Å². The van der Waals surface area contributed by atoms with E-state index in [0.717, 1.165) is 28.0 Å². The lowest BCUT2D eigenvalue weighted by Crippen LogP contribution is -2.05. The van der Waals surface area contributed by atoms with Crippen molar-refractivity contribution in [1.82, 2.24) is 15.0 Å². The van der Waals surface area contributed by atoms with Gasteiger partial charge in [-0.05, 0) is 24.6 Å². The van der Waals surface area contributed by atoms with Gasteiger partial charge in [0, 0.05) is 11.0 Å². The van der Waals surface area contributed by atoms with Gasteiger partial charge in [0.05, 0.1) is 17.1 Å². The van der Waals surface area contributed by atoms with Crippen LogP contribution in [0.4, 0.5) is 0 Å². The van der Waals surface area contributed by atoms with Gasteiger partial charge < -0.3 is 5.73 Å². The Morgan fingerprint density at radius 2 is 2.25 bits per heavy atom. The molecule has 2 aromatic rings. The molecule has 0 fully saturated rings. The van der Waals surface area contributed by atoms with E-state index in [1.54, 1.807) is 0 Å². The number of hydrogen-bond donors (Lipinski definition) is 1. The first-order valence-corrected chi connectivity index (χ1v) is 5.95. The minimum absolute atomic E-state index is 0.428. The molecule has 0 saturated carbocycles. The van der Waals surface area contributed by atoms with E-state index in [9.17, 15) is 0 Å². The SMILES string of the molecule is CCc1c(CN)nnn1-c1cccc(Br)c1. The third kappa shape index (κ3) is 2.01. The monoisotopic (exact) mass is 280 g/mol. The summed E-state index contributed by atoms with van der Waals surface area (Å²) < 4.78 is 2.87. The Bertz CT molecular complexity index is 492. The molecule has 84 valence electrons. The maximum Gasteiger partial charge on any atom is 0.0999 e. The molecule has 4 nitrogen and oxygen atoms in total. The van der Waals surface area contributed by atoms with E-state index in [1.807, 2.05) is 28.9 Å². The molecule has 0 atom stereocenters. The number of aromatic nitrogens is 3. The van der Waals surface area contributed by atoms with Crippen LogP contribution in [0.2, 0.25) is 0 Å². The van der Waals surface area contributed by atoms with Crippen molar-refractivity contribution in [1.29, 1.82) is 0 Å². The Kier molecular flexibility index (Phi) is 3.36. The predicted octanol–water partition coefficient (Wildman–Crippen LogP) is 2.05. The summed E-state index contributed by atoms with van der Waals surface area (Å²) in [7, 11) is 0. The van der Waals surface area contributed by atoms with Gasteiger partial charge in [-0.2, -0.15) is 0 Å². The Balaban J connectivity index is 2.51. The van der Waals surface area contributed by atoms with Crippen LogP contribution in [0, 0.1) is 0 Å². The maximum absolute atomic E-state index is 5.62. The number of hydrogen-bond acceptors (Lipinski definition) is 3. The zero-order valence-corrected chi connectivity index (χ0v) is 10.6. The first-order valence-electron chi connectivity index (χ1n) is 5.15. The number of rotatable bonds is 3. The molecule has 0 radical (unpaired) electrons. The molecule has 0 aliphatic rings. The van der Waals surface area contributed by atoms with Gasteiger partial charge in [0.1, 0.15) is 0 Å². The highest BCUT2D eigenvalue weighted by molar-refractivity contribution is 9.10. The average Bonchev–Trinajstić information content (AvgIpc) is 2.71. The Morgan fingerprint density at radius 1 is 1.44 bits per heavy atom. The molecule has 0 bridgehead atoms. The van der Waals surface area contributed by atoms with Crippen LogP contribution in [0.15, 0.2) is 28.7 Å². The summed E-state index contributed by atoms with van der Waals surface area (Å²) in [4.78, 5) is 0. The van der Waals surface area contributed by atoms with Crippen LogP contribution >= 0.6 is 15.9 Å². The summed E-state index contributed by atoms with van der Waals surface area (Å²) >= 11 is 3.44. The van der Waals surface area contributed by atoms with Gasteiger partial charge in [0.25, 0.3) is 0 Å². The summed E-state index contributed by atoms with van der Waals surface area (Å²) in [5.74, 6) is 0. The molecule has 0 spiro atoms. The van der Waals surface area contributed by atoms with Crippen LogP contribution in [0.1, 0.15) is 18.3 Å². The van der Waals surface area contributed by atoms with Crippen LogP contribution in [-0.4, -0.2) is 15.0 Å². The van der Waals surface area contributed by atoms with Crippen molar-refractivity contribution < 1.29 is 0 Å². The summed E-state index contributed by atoms with van der Waals surface area (Å²) in [6, 6.07) is 7.96. The highest BCUT2D eigenvalue weighted by atomic mass is 79.9. The minimum atomic E-state index is 0.428. The van der Waals surface area contributed by atoms with Gasteiger partial charge in [-0.1, -0.05) is 34.1 Å². The Morgan fingerprint density at radius 3 is 2.88 bits per heavy atom. The topological polar surface area (TPSA) is 56.7 Å². The van der Waals surface area contributed by atoms with Crippen molar-refractivity contribution in [2.75, 3.05) is 0 Å². The fourth-order valence-electron chi connectivity index (χ4n) is 1.66. The smallest absolute Gasteiger partial charge is 0.0999 e. The van der Waals surface area contributed by atoms with Gasteiger partial charge in [-0.15, -0.1) is 5.10 Å². The van der Waals surface area contributed by atoms with E-state index in [1.165, 1.54) is 0 Å². The van der Waals surface area contributed by atoms with Crippen molar-refractivity contribution in [2.24, 2.45) is 5.73 Å². The van der Waals surface area contributed by atoms with E-state index >= 15 is 0 Å². The second-order valence-electron chi connectivity index (χ2n) is 3.43. The van der Waals surface area contributed by atoms with E-state index in [4.69, 9.17) is 5.73 Å². The van der Waals surface area contributed by atoms with E-state index in [-0.39, 0.29) is 0 Å². The van der Waals surface area contributed by atoms with Gasteiger partial charge in [-0.3, -0.25) is 0 Å². The molecule has 1 aromatic heterocycles. The van der Waals surface area contributed by atoms with E-state index in [0.29, 0.717) is 6.54 Å². The van der Waals surface area contributed by atoms with Gasteiger partial charge in [0.15, 0.2) is 0 Å².